The number of aromatic nitrogens is 5. The van der Waals surface area contributed by atoms with Gasteiger partial charge >= 0.3 is 0 Å². The SMILES string of the molecule is Cc1nc(NCc2cnn(Cc3ccc(C(C)(C)C#N)nc3)c2)nc2c1NC(O)[C@H](C(C)C)N2C. The van der Waals surface area contributed by atoms with Crippen molar-refractivity contribution in [3.63, 3.8) is 0 Å². The zero-order valence-electron chi connectivity index (χ0n) is 21.1. The van der Waals surface area contributed by atoms with Crippen LogP contribution in [-0.4, -0.2) is 49.2 Å². The summed E-state index contributed by atoms with van der Waals surface area (Å²) in [7, 11) is 1.95. The lowest BCUT2D eigenvalue weighted by Crippen LogP contribution is -2.52. The van der Waals surface area contributed by atoms with E-state index < -0.39 is 11.6 Å². The van der Waals surface area contributed by atoms with Crippen molar-refractivity contribution in [1.29, 1.82) is 5.26 Å². The van der Waals surface area contributed by atoms with Gasteiger partial charge in [-0.3, -0.25) is 9.67 Å². The molecule has 0 bridgehead atoms. The summed E-state index contributed by atoms with van der Waals surface area (Å²) >= 11 is 0. The summed E-state index contributed by atoms with van der Waals surface area (Å²) in [4.78, 5) is 15.8. The molecule has 4 rings (SSSR count). The smallest absolute Gasteiger partial charge is 0.225 e. The lowest BCUT2D eigenvalue weighted by Gasteiger charge is -2.41. The molecule has 0 saturated heterocycles. The molecular formula is C25H33N9O. The van der Waals surface area contributed by atoms with E-state index in [1.807, 2.05) is 61.9 Å². The number of anilines is 3. The molecule has 35 heavy (non-hydrogen) atoms. The molecule has 1 aliphatic rings. The van der Waals surface area contributed by atoms with Crippen LogP contribution in [0.2, 0.25) is 0 Å². The largest absolute Gasteiger partial charge is 0.372 e. The third-order valence-electron chi connectivity index (χ3n) is 6.38. The van der Waals surface area contributed by atoms with E-state index >= 15 is 0 Å². The van der Waals surface area contributed by atoms with Crippen LogP contribution in [0.1, 0.15) is 50.2 Å². The molecule has 184 valence electrons. The van der Waals surface area contributed by atoms with Crippen LogP contribution in [0.15, 0.2) is 30.7 Å². The molecule has 0 aromatic carbocycles. The lowest BCUT2D eigenvalue weighted by molar-refractivity contribution is 0.142. The van der Waals surface area contributed by atoms with Crippen LogP contribution in [0.3, 0.4) is 0 Å². The van der Waals surface area contributed by atoms with Gasteiger partial charge < -0.3 is 20.6 Å². The highest BCUT2D eigenvalue weighted by Crippen LogP contribution is 2.35. The first-order valence-corrected chi connectivity index (χ1v) is 11.8. The van der Waals surface area contributed by atoms with Gasteiger partial charge in [0.2, 0.25) is 5.95 Å². The minimum atomic E-state index is -0.677. The van der Waals surface area contributed by atoms with E-state index in [1.165, 1.54) is 0 Å². The van der Waals surface area contributed by atoms with Crippen molar-refractivity contribution in [3.05, 3.63) is 53.2 Å². The molecule has 4 heterocycles. The van der Waals surface area contributed by atoms with Crippen molar-refractivity contribution in [3.8, 4) is 6.07 Å². The van der Waals surface area contributed by atoms with Gasteiger partial charge in [0.15, 0.2) is 5.82 Å². The molecule has 3 N–H and O–H groups in total. The number of nitrogens with one attached hydrogen (secondary N) is 2. The van der Waals surface area contributed by atoms with E-state index in [-0.39, 0.29) is 12.0 Å². The predicted molar refractivity (Wildman–Crippen MR) is 135 cm³/mol. The zero-order chi connectivity index (χ0) is 25.3. The minimum Gasteiger partial charge on any atom is -0.372 e. The summed E-state index contributed by atoms with van der Waals surface area (Å²) in [5.41, 5.74) is 3.69. The summed E-state index contributed by atoms with van der Waals surface area (Å²) < 4.78 is 1.86. The van der Waals surface area contributed by atoms with Gasteiger partial charge in [-0.2, -0.15) is 15.3 Å². The summed E-state index contributed by atoms with van der Waals surface area (Å²) in [6.07, 6.45) is 4.91. The molecule has 2 atom stereocenters. The Kier molecular flexibility index (Phi) is 6.63. The van der Waals surface area contributed by atoms with Crippen molar-refractivity contribution >= 4 is 17.5 Å². The van der Waals surface area contributed by atoms with E-state index in [2.05, 4.69) is 45.6 Å². The van der Waals surface area contributed by atoms with Gasteiger partial charge in [0.1, 0.15) is 11.9 Å². The highest BCUT2D eigenvalue weighted by molar-refractivity contribution is 5.72. The normalized spacial score (nSPS) is 17.6. The fourth-order valence-electron chi connectivity index (χ4n) is 4.36. The Balaban J connectivity index is 1.42. The Labute approximate surface area is 206 Å². The first-order chi connectivity index (χ1) is 16.6. The third kappa shape index (κ3) is 5.05. The summed E-state index contributed by atoms with van der Waals surface area (Å²) in [6, 6.07) is 6.07. The van der Waals surface area contributed by atoms with Crippen LogP contribution in [-0.2, 0) is 18.5 Å². The first-order valence-electron chi connectivity index (χ1n) is 11.8. The van der Waals surface area contributed by atoms with Crippen molar-refractivity contribution < 1.29 is 5.11 Å². The molecule has 1 aliphatic heterocycles. The van der Waals surface area contributed by atoms with Crippen LogP contribution >= 0.6 is 0 Å². The molecule has 0 amide bonds. The number of fused-ring (bicyclic) bond motifs is 1. The average molecular weight is 476 g/mol. The number of likely N-dealkylation sites (N-methyl/N-ethyl adjacent to an activating group) is 1. The van der Waals surface area contributed by atoms with E-state index in [0.29, 0.717) is 19.0 Å². The maximum Gasteiger partial charge on any atom is 0.225 e. The topological polar surface area (TPSA) is 128 Å². The van der Waals surface area contributed by atoms with Gasteiger partial charge in [-0.05, 0) is 38.3 Å². The summed E-state index contributed by atoms with van der Waals surface area (Å²) in [5.74, 6) is 1.55. The van der Waals surface area contributed by atoms with Gasteiger partial charge in [-0.1, -0.05) is 19.9 Å². The standard InChI is InChI=1S/C25H33N9O/c1-15(2)21-23(35)31-20-16(3)30-24(32-22(20)33(21)6)28-10-18-11-29-34(13-18)12-17-7-8-19(27-9-17)25(4,5)14-26/h7-9,11,13,15,21,23,31,35H,10,12H2,1-6H3,(H,28,30,32)/t21-,23?/m0/s1. The van der Waals surface area contributed by atoms with Gasteiger partial charge in [-0.15, -0.1) is 0 Å². The predicted octanol–water partition coefficient (Wildman–Crippen LogP) is 3.04. The maximum absolute atomic E-state index is 10.5. The van der Waals surface area contributed by atoms with Crippen LogP contribution in [0, 0.1) is 24.2 Å². The number of aryl methyl sites for hydroxylation is 1. The second-order valence-corrected chi connectivity index (χ2v) is 9.95. The fraction of sp³-hybridized carbons (Fsp3) is 0.480. The summed E-state index contributed by atoms with van der Waals surface area (Å²) in [5, 5.41) is 30.7. The second kappa shape index (κ2) is 9.50. The third-order valence-corrected chi connectivity index (χ3v) is 6.38. The second-order valence-electron chi connectivity index (χ2n) is 9.95. The molecular weight excluding hydrogens is 442 g/mol. The molecule has 0 saturated carbocycles. The molecule has 10 heteroatoms. The Hall–Kier alpha value is -3.71. The van der Waals surface area contributed by atoms with Crippen molar-refractivity contribution in [1.82, 2.24) is 24.7 Å². The van der Waals surface area contributed by atoms with Crippen LogP contribution in [0.4, 0.5) is 17.5 Å². The lowest BCUT2D eigenvalue weighted by atomic mass is 9.91. The van der Waals surface area contributed by atoms with Crippen LogP contribution in [0.5, 0.6) is 0 Å². The highest BCUT2D eigenvalue weighted by atomic mass is 16.3. The Morgan fingerprint density at radius 1 is 1.23 bits per heavy atom. The summed E-state index contributed by atoms with van der Waals surface area (Å²) in [6.45, 7) is 10.9. The van der Waals surface area contributed by atoms with Gasteiger partial charge in [-0.25, -0.2) is 4.98 Å². The number of aliphatic hydroxyl groups excluding tert-OH is 1. The minimum absolute atomic E-state index is 0.0857. The number of aliphatic hydroxyl groups is 1. The number of pyridine rings is 1. The van der Waals surface area contributed by atoms with Crippen molar-refractivity contribution in [2.45, 2.75) is 65.4 Å². The van der Waals surface area contributed by atoms with E-state index in [0.717, 1.165) is 34.0 Å². The molecule has 10 nitrogen and oxygen atoms in total. The van der Waals surface area contributed by atoms with Gasteiger partial charge in [0.25, 0.3) is 0 Å². The zero-order valence-corrected chi connectivity index (χ0v) is 21.1. The Morgan fingerprint density at radius 2 is 2.00 bits per heavy atom. The Morgan fingerprint density at radius 3 is 2.66 bits per heavy atom. The van der Waals surface area contributed by atoms with E-state index in [9.17, 15) is 10.4 Å². The number of nitriles is 1. The van der Waals surface area contributed by atoms with Crippen molar-refractivity contribution in [2.24, 2.45) is 5.92 Å². The number of rotatable bonds is 7. The van der Waals surface area contributed by atoms with E-state index in [1.54, 1.807) is 6.20 Å². The first kappa shape index (κ1) is 24.4. The molecule has 0 spiro atoms. The number of hydrogen-bond donors (Lipinski definition) is 3. The number of nitrogens with zero attached hydrogens (tertiary/aromatic N) is 7. The van der Waals surface area contributed by atoms with Crippen LogP contribution < -0.4 is 15.5 Å². The molecule has 0 aliphatic carbocycles. The van der Waals surface area contributed by atoms with Crippen molar-refractivity contribution in [2.75, 3.05) is 22.6 Å². The van der Waals surface area contributed by atoms with Gasteiger partial charge in [0.05, 0.1) is 41.7 Å². The average Bonchev–Trinajstić information content (AvgIpc) is 3.26. The molecule has 3 aromatic rings. The maximum atomic E-state index is 10.5. The highest BCUT2D eigenvalue weighted by Gasteiger charge is 2.35. The Bertz CT molecular complexity index is 1230. The molecule has 1 unspecified atom stereocenters. The molecule has 0 fully saturated rings. The monoisotopic (exact) mass is 475 g/mol. The molecule has 0 radical (unpaired) electrons. The van der Waals surface area contributed by atoms with Gasteiger partial charge in [0, 0.05) is 31.5 Å². The quantitative estimate of drug-likeness (QED) is 0.472. The van der Waals surface area contributed by atoms with E-state index in [4.69, 9.17) is 4.98 Å². The van der Waals surface area contributed by atoms with Crippen LogP contribution in [0.25, 0.3) is 0 Å². The number of hydrogen-bond acceptors (Lipinski definition) is 9. The molecule has 3 aromatic heterocycles. The fourth-order valence-corrected chi connectivity index (χ4v) is 4.36.